The molecule has 0 N–H and O–H groups in total. The molecule has 20 heavy (non-hydrogen) atoms. The summed E-state index contributed by atoms with van der Waals surface area (Å²) in [6, 6.07) is 4.30. The van der Waals surface area contributed by atoms with Crippen molar-refractivity contribution in [1.29, 1.82) is 0 Å². The molecule has 0 saturated carbocycles. The smallest absolute Gasteiger partial charge is 0.0406 e. The molecule has 1 aromatic rings. The summed E-state index contributed by atoms with van der Waals surface area (Å²) >= 11 is 5.49. The minimum atomic E-state index is 0.540. The van der Waals surface area contributed by atoms with Crippen molar-refractivity contribution in [3.63, 3.8) is 0 Å². The number of hydrogen-bond acceptors (Lipinski definition) is 3. The van der Waals surface area contributed by atoms with Crippen LogP contribution in [0.3, 0.4) is 0 Å². The minimum absolute atomic E-state index is 0.540. The van der Waals surface area contributed by atoms with Crippen LogP contribution in [0.2, 0.25) is 0 Å². The molecule has 2 rings (SSSR count). The summed E-state index contributed by atoms with van der Waals surface area (Å²) in [6.07, 6.45) is 4.69. The van der Waals surface area contributed by atoms with Crippen LogP contribution in [0.5, 0.6) is 0 Å². The van der Waals surface area contributed by atoms with E-state index in [2.05, 4.69) is 45.2 Å². The van der Waals surface area contributed by atoms with Gasteiger partial charge < -0.3 is 0 Å². The monoisotopic (exact) mass is 324 g/mol. The second-order valence-electron chi connectivity index (χ2n) is 4.40. The highest BCUT2D eigenvalue weighted by Gasteiger charge is 2.18. The Labute approximate surface area is 136 Å². The molecule has 0 spiro atoms. The van der Waals surface area contributed by atoms with E-state index in [1.807, 2.05) is 25.6 Å². The lowest BCUT2D eigenvalue weighted by Gasteiger charge is -2.22. The molecular weight excluding hydrogens is 300 g/mol. The predicted octanol–water partition coefficient (Wildman–Crippen LogP) is 7.10. The van der Waals surface area contributed by atoms with Crippen molar-refractivity contribution in [2.24, 2.45) is 0 Å². The van der Waals surface area contributed by atoms with Gasteiger partial charge in [0.2, 0.25) is 0 Å². The van der Waals surface area contributed by atoms with Gasteiger partial charge in [0.05, 0.1) is 0 Å². The highest BCUT2D eigenvalue weighted by Crippen LogP contribution is 2.43. The van der Waals surface area contributed by atoms with Crippen molar-refractivity contribution in [1.82, 2.24) is 0 Å². The molecule has 0 aromatic carbocycles. The summed E-state index contributed by atoms with van der Waals surface area (Å²) in [4.78, 5) is 6.40. The molecule has 0 radical (unpaired) electrons. The Morgan fingerprint density at radius 1 is 1.25 bits per heavy atom. The number of thioether (sulfide) groups is 2. The molecule has 1 aliphatic heterocycles. The van der Waals surface area contributed by atoms with Crippen LogP contribution in [0.15, 0.2) is 41.2 Å². The summed E-state index contributed by atoms with van der Waals surface area (Å²) in [5.41, 5.74) is 0. The van der Waals surface area contributed by atoms with Crippen molar-refractivity contribution in [3.05, 3.63) is 50.9 Å². The van der Waals surface area contributed by atoms with Gasteiger partial charge in [0.15, 0.2) is 0 Å². The number of allylic oxidation sites excluding steroid dienone is 2. The van der Waals surface area contributed by atoms with Crippen molar-refractivity contribution in [3.8, 4) is 0 Å². The predicted molar refractivity (Wildman–Crippen MR) is 101 cm³/mol. The van der Waals surface area contributed by atoms with Crippen LogP contribution in [-0.4, -0.2) is 5.25 Å². The SMILES string of the molecule is C=C(SC(=C)C1CCC=C(C)S1)c1ccc(C)s1.CC. The fraction of sp³-hybridized carbons (Fsp3) is 0.412. The zero-order valence-corrected chi connectivity index (χ0v) is 15.3. The Morgan fingerprint density at radius 3 is 2.50 bits per heavy atom. The van der Waals surface area contributed by atoms with Gasteiger partial charge in [0.1, 0.15) is 0 Å². The van der Waals surface area contributed by atoms with Gasteiger partial charge in [-0.3, -0.25) is 0 Å². The van der Waals surface area contributed by atoms with E-state index in [-0.39, 0.29) is 0 Å². The standard InChI is InChI=1S/C15H18S3.C2H6/c1-10-6-5-7-14(16-10)12(3)18-13(4)15-9-8-11(2)17-15;1-2/h6,8-9,14H,3-5,7H2,1-2H3;1-2H3. The normalized spacial score (nSPS) is 17.8. The number of rotatable bonds is 4. The van der Waals surface area contributed by atoms with E-state index in [1.54, 1.807) is 23.1 Å². The van der Waals surface area contributed by atoms with Gasteiger partial charge in [-0.2, -0.15) is 0 Å². The van der Waals surface area contributed by atoms with E-state index in [4.69, 9.17) is 0 Å². The van der Waals surface area contributed by atoms with E-state index in [0.717, 1.165) is 4.91 Å². The Kier molecular flexibility index (Phi) is 7.78. The second kappa shape index (κ2) is 8.81. The summed E-state index contributed by atoms with van der Waals surface area (Å²) < 4.78 is 0. The molecule has 1 aromatic heterocycles. The van der Waals surface area contributed by atoms with E-state index in [9.17, 15) is 0 Å². The zero-order valence-electron chi connectivity index (χ0n) is 12.9. The molecule has 2 heterocycles. The number of hydrogen-bond donors (Lipinski definition) is 0. The lowest BCUT2D eigenvalue weighted by atomic mass is 10.2. The quantitative estimate of drug-likeness (QED) is 0.579. The number of aryl methyl sites for hydroxylation is 1. The molecule has 0 fully saturated rings. The van der Waals surface area contributed by atoms with E-state index in [0.29, 0.717) is 5.25 Å². The molecule has 110 valence electrons. The molecule has 0 aliphatic carbocycles. The molecular formula is C17H24S3. The van der Waals surface area contributed by atoms with Gasteiger partial charge in [-0.1, -0.05) is 44.8 Å². The molecule has 1 atom stereocenters. The van der Waals surface area contributed by atoms with Crippen LogP contribution in [0, 0.1) is 6.92 Å². The van der Waals surface area contributed by atoms with Crippen molar-refractivity contribution in [2.75, 3.05) is 0 Å². The Hall–Kier alpha value is -0.380. The third-order valence-electron chi connectivity index (χ3n) is 2.82. The van der Waals surface area contributed by atoms with Gasteiger partial charge in [-0.05, 0) is 48.6 Å². The van der Waals surface area contributed by atoms with Gasteiger partial charge in [-0.25, -0.2) is 0 Å². The first-order chi connectivity index (χ1) is 9.56. The second-order valence-corrected chi connectivity index (χ2v) is 8.36. The summed E-state index contributed by atoms with van der Waals surface area (Å²) in [6.45, 7) is 16.7. The first-order valence-electron chi connectivity index (χ1n) is 7.02. The largest absolute Gasteiger partial charge is 0.140 e. The Morgan fingerprint density at radius 2 is 1.95 bits per heavy atom. The average Bonchev–Trinajstić information content (AvgIpc) is 2.88. The molecule has 0 bridgehead atoms. The van der Waals surface area contributed by atoms with Crippen LogP contribution >= 0.6 is 34.9 Å². The van der Waals surface area contributed by atoms with E-state index < -0.39 is 0 Å². The molecule has 1 unspecified atom stereocenters. The fourth-order valence-electron chi connectivity index (χ4n) is 1.85. The topological polar surface area (TPSA) is 0 Å². The van der Waals surface area contributed by atoms with Crippen LogP contribution in [0.25, 0.3) is 4.91 Å². The van der Waals surface area contributed by atoms with Gasteiger partial charge in [-0.15, -0.1) is 23.1 Å². The Bertz CT molecular complexity index is 494. The van der Waals surface area contributed by atoms with Crippen molar-refractivity contribution in [2.45, 2.75) is 45.8 Å². The lowest BCUT2D eigenvalue weighted by molar-refractivity contribution is 0.866. The summed E-state index contributed by atoms with van der Waals surface area (Å²) in [5.74, 6) is 0. The maximum atomic E-state index is 4.24. The summed E-state index contributed by atoms with van der Waals surface area (Å²) in [5, 5.41) is 0.540. The highest BCUT2D eigenvalue weighted by atomic mass is 32.2. The lowest BCUT2D eigenvalue weighted by Crippen LogP contribution is -2.06. The molecule has 0 amide bonds. The molecule has 0 saturated heterocycles. The first kappa shape index (κ1) is 17.7. The molecule has 1 aliphatic rings. The van der Waals surface area contributed by atoms with Crippen molar-refractivity contribution >= 4 is 39.8 Å². The maximum absolute atomic E-state index is 4.24. The number of thiophene rings is 1. The zero-order chi connectivity index (χ0) is 15.1. The summed E-state index contributed by atoms with van der Waals surface area (Å²) in [7, 11) is 0. The minimum Gasteiger partial charge on any atom is -0.140 e. The van der Waals surface area contributed by atoms with Gasteiger partial charge in [0, 0.05) is 19.9 Å². The van der Waals surface area contributed by atoms with E-state index >= 15 is 0 Å². The van der Waals surface area contributed by atoms with Crippen LogP contribution in [-0.2, 0) is 0 Å². The third-order valence-corrected chi connectivity index (χ3v) is 6.51. The van der Waals surface area contributed by atoms with Crippen LogP contribution in [0.4, 0.5) is 0 Å². The van der Waals surface area contributed by atoms with E-state index in [1.165, 1.54) is 32.4 Å². The highest BCUT2D eigenvalue weighted by molar-refractivity contribution is 8.13. The van der Waals surface area contributed by atoms with Crippen LogP contribution in [0.1, 0.15) is 43.4 Å². The third kappa shape index (κ3) is 5.19. The average molecular weight is 325 g/mol. The fourth-order valence-corrected chi connectivity index (χ4v) is 4.91. The Balaban J connectivity index is 0.000000956. The first-order valence-corrected chi connectivity index (χ1v) is 9.53. The van der Waals surface area contributed by atoms with Gasteiger partial charge >= 0.3 is 0 Å². The van der Waals surface area contributed by atoms with Crippen molar-refractivity contribution < 1.29 is 0 Å². The van der Waals surface area contributed by atoms with Crippen LogP contribution < -0.4 is 0 Å². The maximum Gasteiger partial charge on any atom is 0.0406 e. The molecule has 0 nitrogen and oxygen atoms in total. The molecule has 3 heteroatoms. The van der Waals surface area contributed by atoms with Gasteiger partial charge in [0.25, 0.3) is 0 Å².